The fraction of sp³-hybridized carbons (Fsp3) is 0.357. The molecule has 1 amide bonds. The number of fused-ring (bicyclic) bond motifs is 1. The maximum absolute atomic E-state index is 12.4. The molecule has 100 valence electrons. The summed E-state index contributed by atoms with van der Waals surface area (Å²) in [7, 11) is 0. The van der Waals surface area contributed by atoms with E-state index in [1.165, 1.54) is 0 Å². The van der Waals surface area contributed by atoms with Crippen molar-refractivity contribution in [2.45, 2.75) is 13.0 Å². The summed E-state index contributed by atoms with van der Waals surface area (Å²) in [6.07, 6.45) is 0. The Morgan fingerprint density at radius 3 is 3.05 bits per heavy atom. The number of morpholine rings is 1. The van der Waals surface area contributed by atoms with E-state index >= 15 is 0 Å². The van der Waals surface area contributed by atoms with Crippen LogP contribution in [0.5, 0.6) is 0 Å². The van der Waals surface area contributed by atoms with Crippen LogP contribution in [0.15, 0.2) is 28.7 Å². The molecule has 1 aliphatic rings. The lowest BCUT2D eigenvalue weighted by Gasteiger charge is -2.32. The number of rotatable bonds is 1. The van der Waals surface area contributed by atoms with Crippen molar-refractivity contribution >= 4 is 22.6 Å². The summed E-state index contributed by atoms with van der Waals surface area (Å²) in [6, 6.07) is 7.16. The maximum atomic E-state index is 12.4. The first-order valence-electron chi connectivity index (χ1n) is 6.33. The Morgan fingerprint density at radius 1 is 1.42 bits per heavy atom. The number of carbonyl (C=O) groups excluding carboxylic acids is 1. The van der Waals surface area contributed by atoms with Gasteiger partial charge in [-0.1, -0.05) is 0 Å². The summed E-state index contributed by atoms with van der Waals surface area (Å²) >= 11 is 0. The maximum Gasteiger partial charge on any atom is 0.290 e. The normalized spacial score (nSPS) is 19.8. The third-order valence-electron chi connectivity index (χ3n) is 3.38. The van der Waals surface area contributed by atoms with Crippen LogP contribution in [0.4, 0.5) is 5.69 Å². The molecular weight excluding hydrogens is 244 g/mol. The highest BCUT2D eigenvalue weighted by atomic mass is 16.5. The lowest BCUT2D eigenvalue weighted by atomic mass is 10.2. The minimum atomic E-state index is -0.0921. The summed E-state index contributed by atoms with van der Waals surface area (Å²) < 4.78 is 10.9. The first-order chi connectivity index (χ1) is 9.15. The van der Waals surface area contributed by atoms with Gasteiger partial charge in [-0.05, 0) is 31.2 Å². The molecule has 2 aromatic rings. The third-order valence-corrected chi connectivity index (χ3v) is 3.38. The van der Waals surface area contributed by atoms with E-state index in [1.807, 2.05) is 6.92 Å². The molecule has 0 unspecified atom stereocenters. The van der Waals surface area contributed by atoms with Crippen molar-refractivity contribution in [3.63, 3.8) is 0 Å². The Bertz CT molecular complexity index is 620. The van der Waals surface area contributed by atoms with Gasteiger partial charge >= 0.3 is 0 Å². The van der Waals surface area contributed by atoms with Gasteiger partial charge < -0.3 is 19.8 Å². The molecule has 0 saturated carbocycles. The smallest absolute Gasteiger partial charge is 0.290 e. The van der Waals surface area contributed by atoms with Crippen LogP contribution in [0, 0.1) is 0 Å². The molecule has 1 aromatic heterocycles. The number of nitrogen functional groups attached to an aromatic ring is 1. The van der Waals surface area contributed by atoms with E-state index in [4.69, 9.17) is 14.9 Å². The van der Waals surface area contributed by atoms with Gasteiger partial charge in [-0.25, -0.2) is 0 Å². The van der Waals surface area contributed by atoms with Gasteiger partial charge in [0.05, 0.1) is 19.3 Å². The SMILES string of the molecule is C[C@@H]1COCCN1C(=O)c1cc2cc(N)ccc2o1. The number of hydrogen-bond acceptors (Lipinski definition) is 4. The number of nitrogens with two attached hydrogens (primary N) is 1. The quantitative estimate of drug-likeness (QED) is 0.795. The molecule has 0 bridgehead atoms. The number of anilines is 1. The molecule has 2 N–H and O–H groups in total. The lowest BCUT2D eigenvalue weighted by molar-refractivity contribution is 0.00208. The molecule has 1 fully saturated rings. The number of furan rings is 1. The third kappa shape index (κ3) is 2.17. The van der Waals surface area contributed by atoms with Gasteiger partial charge in [0.15, 0.2) is 5.76 Å². The first-order valence-corrected chi connectivity index (χ1v) is 6.33. The van der Waals surface area contributed by atoms with Gasteiger partial charge in [-0.2, -0.15) is 0 Å². The Kier molecular flexibility index (Phi) is 2.91. The van der Waals surface area contributed by atoms with Gasteiger partial charge in [-0.3, -0.25) is 4.79 Å². The summed E-state index contributed by atoms with van der Waals surface area (Å²) in [5.41, 5.74) is 7.06. The number of amides is 1. The molecule has 1 aromatic carbocycles. The van der Waals surface area contributed by atoms with Crippen molar-refractivity contribution in [3.8, 4) is 0 Å². The Labute approximate surface area is 110 Å². The number of hydrogen-bond donors (Lipinski definition) is 1. The van der Waals surface area contributed by atoms with E-state index in [-0.39, 0.29) is 11.9 Å². The van der Waals surface area contributed by atoms with Crippen molar-refractivity contribution in [2.24, 2.45) is 0 Å². The van der Waals surface area contributed by atoms with E-state index < -0.39 is 0 Å². The van der Waals surface area contributed by atoms with Crippen molar-refractivity contribution in [2.75, 3.05) is 25.5 Å². The molecule has 0 radical (unpaired) electrons. The molecule has 0 aliphatic carbocycles. The van der Waals surface area contributed by atoms with Crippen LogP contribution < -0.4 is 5.73 Å². The molecule has 2 heterocycles. The van der Waals surface area contributed by atoms with Crippen LogP contribution in [-0.2, 0) is 4.74 Å². The van der Waals surface area contributed by atoms with Crippen LogP contribution in [0.1, 0.15) is 17.5 Å². The van der Waals surface area contributed by atoms with Crippen LogP contribution >= 0.6 is 0 Å². The fourth-order valence-corrected chi connectivity index (χ4v) is 2.34. The van der Waals surface area contributed by atoms with Gasteiger partial charge in [0.2, 0.25) is 0 Å². The van der Waals surface area contributed by atoms with E-state index in [2.05, 4.69) is 0 Å². The van der Waals surface area contributed by atoms with E-state index in [0.29, 0.717) is 36.8 Å². The second-order valence-electron chi connectivity index (χ2n) is 4.83. The molecule has 3 rings (SSSR count). The lowest BCUT2D eigenvalue weighted by Crippen LogP contribution is -2.47. The highest BCUT2D eigenvalue weighted by Crippen LogP contribution is 2.23. The second-order valence-corrected chi connectivity index (χ2v) is 4.83. The van der Waals surface area contributed by atoms with Gasteiger partial charge in [-0.15, -0.1) is 0 Å². The summed E-state index contributed by atoms with van der Waals surface area (Å²) in [5.74, 6) is 0.264. The van der Waals surface area contributed by atoms with Crippen molar-refractivity contribution in [3.05, 3.63) is 30.0 Å². The zero-order valence-corrected chi connectivity index (χ0v) is 10.8. The number of ether oxygens (including phenoxy) is 1. The molecule has 1 aliphatic heterocycles. The molecule has 19 heavy (non-hydrogen) atoms. The average molecular weight is 260 g/mol. The largest absolute Gasteiger partial charge is 0.451 e. The van der Waals surface area contributed by atoms with Gasteiger partial charge in [0.1, 0.15) is 5.58 Å². The highest BCUT2D eigenvalue weighted by Gasteiger charge is 2.27. The highest BCUT2D eigenvalue weighted by molar-refractivity contribution is 5.96. The fourth-order valence-electron chi connectivity index (χ4n) is 2.34. The molecule has 5 heteroatoms. The van der Waals surface area contributed by atoms with Gasteiger partial charge in [0.25, 0.3) is 5.91 Å². The molecular formula is C14H16N2O3. The van der Waals surface area contributed by atoms with Crippen LogP contribution in [0.3, 0.4) is 0 Å². The summed E-state index contributed by atoms with van der Waals surface area (Å²) in [5, 5.41) is 0.851. The first kappa shape index (κ1) is 12.0. The Balaban J connectivity index is 1.92. The van der Waals surface area contributed by atoms with Crippen LogP contribution in [0.2, 0.25) is 0 Å². The van der Waals surface area contributed by atoms with E-state index in [1.54, 1.807) is 29.2 Å². The topological polar surface area (TPSA) is 68.7 Å². The average Bonchev–Trinajstić information content (AvgIpc) is 2.81. The minimum Gasteiger partial charge on any atom is -0.451 e. The molecule has 0 spiro atoms. The molecule has 1 atom stereocenters. The monoisotopic (exact) mass is 260 g/mol. The zero-order chi connectivity index (χ0) is 13.4. The number of nitrogens with zero attached hydrogens (tertiary/aromatic N) is 1. The second kappa shape index (κ2) is 4.59. The molecule has 5 nitrogen and oxygen atoms in total. The Morgan fingerprint density at radius 2 is 2.26 bits per heavy atom. The Hall–Kier alpha value is -2.01. The van der Waals surface area contributed by atoms with E-state index in [0.717, 1.165) is 5.39 Å². The predicted molar refractivity (Wildman–Crippen MR) is 71.9 cm³/mol. The van der Waals surface area contributed by atoms with Crippen LogP contribution in [0.25, 0.3) is 11.0 Å². The standard InChI is InChI=1S/C14H16N2O3/c1-9-8-18-5-4-16(9)14(17)13-7-10-6-11(15)2-3-12(10)19-13/h2-3,6-7,9H,4-5,8,15H2,1H3/t9-/m1/s1. The van der Waals surface area contributed by atoms with E-state index in [9.17, 15) is 4.79 Å². The van der Waals surface area contributed by atoms with Gasteiger partial charge in [0, 0.05) is 17.6 Å². The zero-order valence-electron chi connectivity index (χ0n) is 10.8. The molecule has 1 saturated heterocycles. The van der Waals surface area contributed by atoms with Crippen LogP contribution in [-0.4, -0.2) is 36.6 Å². The van der Waals surface area contributed by atoms with Crippen molar-refractivity contribution < 1.29 is 13.9 Å². The van der Waals surface area contributed by atoms with Crippen molar-refractivity contribution in [1.29, 1.82) is 0 Å². The summed E-state index contributed by atoms with van der Waals surface area (Å²) in [6.45, 7) is 3.71. The van der Waals surface area contributed by atoms with Crippen molar-refractivity contribution in [1.82, 2.24) is 4.90 Å². The number of benzene rings is 1. The summed E-state index contributed by atoms with van der Waals surface area (Å²) in [4.78, 5) is 14.2. The number of carbonyl (C=O) groups is 1. The predicted octanol–water partition coefficient (Wildman–Crippen LogP) is 1.88. The minimum absolute atomic E-state index is 0.0690.